The highest BCUT2D eigenvalue weighted by Gasteiger charge is 2.33. The van der Waals surface area contributed by atoms with Gasteiger partial charge in [-0.15, -0.1) is 0 Å². The van der Waals surface area contributed by atoms with Gasteiger partial charge in [0.15, 0.2) is 0 Å². The maximum absolute atomic E-state index is 12.5. The Labute approximate surface area is 145 Å². The SMILES string of the molecule is CC(C(=O)N1CCN(C(=O)c2ccc([N+](=O)[O-])cc2)CC1)C1CNC1. The standard InChI is InChI=1S/C17H22N4O4/c1-12(14-10-18-11-14)16(22)19-6-8-20(9-7-19)17(23)13-2-4-15(5-3-13)21(24)25/h2-5,12,14,18H,6-11H2,1H3. The first-order valence-corrected chi connectivity index (χ1v) is 8.50. The lowest BCUT2D eigenvalue weighted by atomic mass is 9.88. The number of rotatable bonds is 4. The fraction of sp³-hybridized carbons (Fsp3) is 0.529. The first-order valence-electron chi connectivity index (χ1n) is 8.50. The minimum atomic E-state index is -0.489. The Morgan fingerprint density at radius 1 is 1.12 bits per heavy atom. The summed E-state index contributed by atoms with van der Waals surface area (Å²) in [5, 5.41) is 13.9. The van der Waals surface area contributed by atoms with Crippen molar-refractivity contribution in [1.82, 2.24) is 15.1 Å². The van der Waals surface area contributed by atoms with Crippen LogP contribution in [0.3, 0.4) is 0 Å². The van der Waals surface area contributed by atoms with E-state index in [1.54, 1.807) is 4.90 Å². The van der Waals surface area contributed by atoms with Gasteiger partial charge >= 0.3 is 0 Å². The molecule has 0 saturated carbocycles. The second kappa shape index (κ2) is 7.18. The zero-order valence-corrected chi connectivity index (χ0v) is 14.2. The van der Waals surface area contributed by atoms with Gasteiger partial charge in [-0.3, -0.25) is 19.7 Å². The number of hydrogen-bond acceptors (Lipinski definition) is 5. The maximum Gasteiger partial charge on any atom is 0.269 e. The summed E-state index contributed by atoms with van der Waals surface area (Å²) in [6.07, 6.45) is 0. The predicted octanol–water partition coefficient (Wildman–Crippen LogP) is 0.735. The van der Waals surface area contributed by atoms with E-state index in [9.17, 15) is 19.7 Å². The van der Waals surface area contributed by atoms with Crippen molar-refractivity contribution < 1.29 is 14.5 Å². The molecule has 0 bridgehead atoms. The van der Waals surface area contributed by atoms with Crippen molar-refractivity contribution in [2.24, 2.45) is 11.8 Å². The van der Waals surface area contributed by atoms with Crippen LogP contribution < -0.4 is 5.32 Å². The third-order valence-electron chi connectivity index (χ3n) is 5.11. The molecule has 1 atom stereocenters. The molecule has 8 heteroatoms. The monoisotopic (exact) mass is 346 g/mol. The van der Waals surface area contributed by atoms with Gasteiger partial charge in [0.1, 0.15) is 0 Å². The van der Waals surface area contributed by atoms with Gasteiger partial charge in [-0.25, -0.2) is 0 Å². The highest BCUT2D eigenvalue weighted by atomic mass is 16.6. The summed E-state index contributed by atoms with van der Waals surface area (Å²) in [5.74, 6) is 0.428. The fourth-order valence-corrected chi connectivity index (χ4v) is 3.19. The van der Waals surface area contributed by atoms with Crippen molar-refractivity contribution in [3.8, 4) is 0 Å². The Morgan fingerprint density at radius 3 is 2.16 bits per heavy atom. The van der Waals surface area contributed by atoms with E-state index in [2.05, 4.69) is 5.32 Å². The number of carbonyl (C=O) groups excluding carboxylic acids is 2. The molecule has 2 amide bonds. The molecule has 2 aliphatic heterocycles. The topological polar surface area (TPSA) is 95.8 Å². The molecule has 25 heavy (non-hydrogen) atoms. The van der Waals surface area contributed by atoms with Crippen LogP contribution in [0.5, 0.6) is 0 Å². The highest BCUT2D eigenvalue weighted by Crippen LogP contribution is 2.20. The van der Waals surface area contributed by atoms with Crippen molar-refractivity contribution in [1.29, 1.82) is 0 Å². The Hall–Kier alpha value is -2.48. The van der Waals surface area contributed by atoms with Gasteiger partial charge in [0.05, 0.1) is 4.92 Å². The molecular weight excluding hydrogens is 324 g/mol. The van der Waals surface area contributed by atoms with E-state index >= 15 is 0 Å². The lowest BCUT2D eigenvalue weighted by Crippen LogP contribution is -2.55. The molecule has 0 spiro atoms. The van der Waals surface area contributed by atoms with Gasteiger partial charge in [0, 0.05) is 49.8 Å². The van der Waals surface area contributed by atoms with E-state index in [0.717, 1.165) is 13.1 Å². The molecule has 3 rings (SSSR count). The number of amides is 2. The van der Waals surface area contributed by atoms with Crippen LogP contribution >= 0.6 is 0 Å². The van der Waals surface area contributed by atoms with Crippen LogP contribution in [0.4, 0.5) is 5.69 Å². The van der Waals surface area contributed by atoms with Gasteiger partial charge in [-0.2, -0.15) is 0 Å². The van der Waals surface area contributed by atoms with Gasteiger partial charge in [0.2, 0.25) is 5.91 Å². The molecule has 8 nitrogen and oxygen atoms in total. The number of carbonyl (C=O) groups is 2. The minimum Gasteiger partial charge on any atom is -0.339 e. The number of benzene rings is 1. The molecule has 2 heterocycles. The number of nitrogens with one attached hydrogen (secondary N) is 1. The normalized spacial score (nSPS) is 19.2. The Kier molecular flexibility index (Phi) is 4.98. The van der Waals surface area contributed by atoms with Crippen LogP contribution in [-0.4, -0.2) is 65.8 Å². The van der Waals surface area contributed by atoms with Crippen LogP contribution in [0.1, 0.15) is 17.3 Å². The Morgan fingerprint density at radius 2 is 1.68 bits per heavy atom. The Bertz CT molecular complexity index is 664. The highest BCUT2D eigenvalue weighted by molar-refractivity contribution is 5.94. The van der Waals surface area contributed by atoms with Crippen LogP contribution in [0.2, 0.25) is 0 Å². The zero-order chi connectivity index (χ0) is 18.0. The number of non-ortho nitro benzene ring substituents is 1. The summed E-state index contributed by atoms with van der Waals surface area (Å²) in [5.41, 5.74) is 0.394. The maximum atomic E-state index is 12.5. The van der Waals surface area contributed by atoms with Gasteiger partial charge in [-0.05, 0) is 31.1 Å². The number of nitro groups is 1. The number of hydrogen-bond donors (Lipinski definition) is 1. The largest absolute Gasteiger partial charge is 0.339 e. The van der Waals surface area contributed by atoms with E-state index in [4.69, 9.17) is 0 Å². The van der Waals surface area contributed by atoms with Crippen molar-refractivity contribution >= 4 is 17.5 Å². The summed E-state index contributed by atoms with van der Waals surface area (Å²) >= 11 is 0. The minimum absolute atomic E-state index is 0.0122. The third kappa shape index (κ3) is 3.63. The first kappa shape index (κ1) is 17.3. The molecule has 1 N–H and O–H groups in total. The van der Waals surface area contributed by atoms with E-state index in [1.807, 2.05) is 11.8 Å². The zero-order valence-electron chi connectivity index (χ0n) is 14.2. The van der Waals surface area contributed by atoms with E-state index < -0.39 is 4.92 Å². The summed E-state index contributed by atoms with van der Waals surface area (Å²) < 4.78 is 0. The molecule has 1 aromatic rings. The summed E-state index contributed by atoms with van der Waals surface area (Å²) in [7, 11) is 0. The van der Waals surface area contributed by atoms with Crippen LogP contribution in [0.25, 0.3) is 0 Å². The first-order chi connectivity index (χ1) is 12.0. The predicted molar refractivity (Wildman–Crippen MR) is 91.1 cm³/mol. The van der Waals surface area contributed by atoms with Gasteiger partial charge in [0.25, 0.3) is 11.6 Å². The number of piperazine rings is 1. The second-order valence-corrected chi connectivity index (χ2v) is 6.63. The third-order valence-corrected chi connectivity index (χ3v) is 5.11. The van der Waals surface area contributed by atoms with Crippen molar-refractivity contribution in [2.75, 3.05) is 39.3 Å². The molecule has 2 aliphatic rings. The molecule has 2 fully saturated rings. The average molecular weight is 346 g/mol. The lowest BCUT2D eigenvalue weighted by molar-refractivity contribution is -0.384. The molecular formula is C17H22N4O4. The molecule has 0 aliphatic carbocycles. The summed E-state index contributed by atoms with van der Waals surface area (Å²) in [4.78, 5) is 38.7. The Balaban J connectivity index is 1.55. The quantitative estimate of drug-likeness (QED) is 0.641. The van der Waals surface area contributed by atoms with Crippen LogP contribution in [0.15, 0.2) is 24.3 Å². The smallest absolute Gasteiger partial charge is 0.269 e. The van der Waals surface area contributed by atoms with Crippen molar-refractivity contribution in [2.45, 2.75) is 6.92 Å². The van der Waals surface area contributed by atoms with E-state index in [0.29, 0.717) is 37.7 Å². The van der Waals surface area contributed by atoms with Crippen molar-refractivity contribution in [3.05, 3.63) is 39.9 Å². The molecule has 0 aromatic heterocycles. The molecule has 0 radical (unpaired) electrons. The molecule has 1 unspecified atom stereocenters. The summed E-state index contributed by atoms with van der Waals surface area (Å²) in [6, 6.07) is 5.62. The van der Waals surface area contributed by atoms with Gasteiger partial charge < -0.3 is 15.1 Å². The van der Waals surface area contributed by atoms with Crippen LogP contribution in [-0.2, 0) is 4.79 Å². The summed E-state index contributed by atoms with van der Waals surface area (Å²) in [6.45, 7) is 5.79. The lowest BCUT2D eigenvalue weighted by Gasteiger charge is -2.39. The molecule has 1 aromatic carbocycles. The second-order valence-electron chi connectivity index (χ2n) is 6.63. The average Bonchev–Trinajstić information content (AvgIpc) is 2.59. The molecule has 2 saturated heterocycles. The fourth-order valence-electron chi connectivity index (χ4n) is 3.19. The van der Waals surface area contributed by atoms with E-state index in [1.165, 1.54) is 24.3 Å². The number of nitro benzene ring substituents is 1. The van der Waals surface area contributed by atoms with Crippen LogP contribution in [0, 0.1) is 22.0 Å². The molecule has 134 valence electrons. The van der Waals surface area contributed by atoms with Crippen molar-refractivity contribution in [3.63, 3.8) is 0 Å². The van der Waals surface area contributed by atoms with Gasteiger partial charge in [-0.1, -0.05) is 6.92 Å². The van der Waals surface area contributed by atoms with E-state index in [-0.39, 0.29) is 23.4 Å². The number of nitrogens with zero attached hydrogens (tertiary/aromatic N) is 3.